The number of rotatable bonds is 8. The van der Waals surface area contributed by atoms with Gasteiger partial charge in [-0.05, 0) is 45.8 Å². The molecule has 152 valence electrons. The molecule has 0 bridgehead atoms. The van der Waals surface area contributed by atoms with Crippen LogP contribution in [-0.2, 0) is 4.57 Å². The van der Waals surface area contributed by atoms with Gasteiger partial charge in [-0.2, -0.15) is 0 Å². The standard InChI is InChI=1S/C18H20BrO8P.Na/c1-23-13-8-7-12(17(16(13)19)27-28(20,21)22)6-5-11-9-14(24-2)18(26-4)15(10-11)25-3;/h5-10H,1-4H3,(H2,20,21,22);/q;+1/p-2/b6-5-;. The number of methoxy groups -OCH3 is 4. The zero-order chi connectivity index (χ0) is 20.9. The Hall–Kier alpha value is -1.19. The summed E-state index contributed by atoms with van der Waals surface area (Å²) < 4.78 is 36.9. The summed E-state index contributed by atoms with van der Waals surface area (Å²) in [6.07, 6.45) is 3.25. The maximum absolute atomic E-state index is 11.1. The first-order valence-corrected chi connectivity index (χ1v) is 10.1. The van der Waals surface area contributed by atoms with Crippen LogP contribution in [0.5, 0.6) is 28.7 Å². The minimum atomic E-state index is -5.28. The van der Waals surface area contributed by atoms with Crippen LogP contribution in [0.15, 0.2) is 28.7 Å². The average Bonchev–Trinajstić information content (AvgIpc) is 2.66. The largest absolute Gasteiger partial charge is 1.00 e. The second kappa shape index (κ2) is 11.3. The Morgan fingerprint density at radius 3 is 1.86 bits per heavy atom. The molecule has 0 amide bonds. The predicted molar refractivity (Wildman–Crippen MR) is 104 cm³/mol. The van der Waals surface area contributed by atoms with E-state index in [1.165, 1.54) is 28.4 Å². The van der Waals surface area contributed by atoms with Gasteiger partial charge in [0.05, 0.1) is 28.4 Å². The minimum Gasteiger partial charge on any atom is -0.780 e. The van der Waals surface area contributed by atoms with Crippen molar-refractivity contribution in [2.75, 3.05) is 28.4 Å². The van der Waals surface area contributed by atoms with Crippen LogP contribution >= 0.6 is 23.8 Å². The summed E-state index contributed by atoms with van der Waals surface area (Å²) in [6, 6.07) is 6.58. The fourth-order valence-corrected chi connectivity index (χ4v) is 3.58. The van der Waals surface area contributed by atoms with Gasteiger partial charge in [0, 0.05) is 5.56 Å². The molecule has 0 N–H and O–H groups in total. The molecule has 0 radical (unpaired) electrons. The number of hydrogen-bond acceptors (Lipinski definition) is 8. The number of halogens is 1. The van der Waals surface area contributed by atoms with E-state index in [9.17, 15) is 14.4 Å². The minimum absolute atomic E-state index is 0. The zero-order valence-electron chi connectivity index (χ0n) is 16.6. The Balaban J connectivity index is 0.00000420. The van der Waals surface area contributed by atoms with Crippen molar-refractivity contribution in [3.05, 3.63) is 39.9 Å². The first kappa shape index (κ1) is 25.8. The molecular weight excluding hydrogens is 478 g/mol. The van der Waals surface area contributed by atoms with Crippen LogP contribution < -0.4 is 62.8 Å². The van der Waals surface area contributed by atoms with E-state index in [1.807, 2.05) is 0 Å². The van der Waals surface area contributed by atoms with Crippen LogP contribution in [0.1, 0.15) is 11.1 Å². The quantitative estimate of drug-likeness (QED) is 0.283. The number of benzene rings is 2. The van der Waals surface area contributed by atoms with E-state index in [0.29, 0.717) is 34.1 Å². The van der Waals surface area contributed by atoms with Gasteiger partial charge in [-0.1, -0.05) is 12.2 Å². The van der Waals surface area contributed by atoms with Crippen molar-refractivity contribution in [3.63, 3.8) is 0 Å². The van der Waals surface area contributed by atoms with E-state index in [2.05, 4.69) is 20.5 Å². The first-order chi connectivity index (χ1) is 13.2. The Bertz CT molecular complexity index is 903. The van der Waals surface area contributed by atoms with Gasteiger partial charge in [0.1, 0.15) is 23.8 Å². The van der Waals surface area contributed by atoms with E-state index in [-0.39, 0.29) is 39.8 Å². The Morgan fingerprint density at radius 2 is 1.41 bits per heavy atom. The van der Waals surface area contributed by atoms with Gasteiger partial charge < -0.3 is 37.8 Å². The summed E-state index contributed by atoms with van der Waals surface area (Å²) in [4.78, 5) is 22.3. The van der Waals surface area contributed by atoms with E-state index in [4.69, 9.17) is 18.9 Å². The van der Waals surface area contributed by atoms with Crippen molar-refractivity contribution in [3.8, 4) is 28.7 Å². The summed E-state index contributed by atoms with van der Waals surface area (Å²) in [6.45, 7) is 0. The molecule has 0 saturated heterocycles. The van der Waals surface area contributed by atoms with E-state index < -0.39 is 7.82 Å². The van der Waals surface area contributed by atoms with Gasteiger partial charge in [-0.25, -0.2) is 0 Å². The molecule has 0 spiro atoms. The molecular formula is C18H18BrNaO8P-. The van der Waals surface area contributed by atoms with Crippen LogP contribution in [-0.4, -0.2) is 28.4 Å². The Labute approximate surface area is 199 Å². The molecule has 29 heavy (non-hydrogen) atoms. The van der Waals surface area contributed by atoms with Gasteiger partial charge in [-0.3, -0.25) is 0 Å². The third-order valence-corrected chi connectivity index (χ3v) is 4.81. The molecule has 0 aliphatic carbocycles. The van der Waals surface area contributed by atoms with E-state index in [0.717, 1.165) is 0 Å². The molecule has 0 fully saturated rings. The van der Waals surface area contributed by atoms with Gasteiger partial charge >= 0.3 is 29.6 Å². The molecule has 0 saturated carbocycles. The zero-order valence-corrected chi connectivity index (χ0v) is 21.0. The Kier molecular flexibility index (Phi) is 10.0. The molecule has 11 heteroatoms. The molecule has 2 aromatic carbocycles. The molecule has 0 atom stereocenters. The third-order valence-electron chi connectivity index (χ3n) is 3.66. The van der Waals surface area contributed by atoms with Gasteiger partial charge in [-0.15, -0.1) is 0 Å². The predicted octanol–water partition coefficient (Wildman–Crippen LogP) is -0.135. The number of hydrogen-bond donors (Lipinski definition) is 0. The topological polar surface area (TPSA) is 109 Å². The number of phosphoric ester groups is 1. The van der Waals surface area contributed by atoms with Crippen LogP contribution in [0, 0.1) is 0 Å². The third kappa shape index (κ3) is 6.65. The molecule has 0 heterocycles. The fourth-order valence-electron chi connectivity index (χ4n) is 2.43. The first-order valence-electron chi connectivity index (χ1n) is 7.80. The number of phosphoric acid groups is 1. The molecule has 2 aromatic rings. The van der Waals surface area contributed by atoms with E-state index in [1.54, 1.807) is 36.4 Å². The van der Waals surface area contributed by atoms with Gasteiger partial charge in [0.2, 0.25) is 5.75 Å². The van der Waals surface area contributed by atoms with Crippen molar-refractivity contribution in [2.45, 2.75) is 0 Å². The Morgan fingerprint density at radius 1 is 0.862 bits per heavy atom. The van der Waals surface area contributed by atoms with Crippen molar-refractivity contribution in [1.82, 2.24) is 0 Å². The van der Waals surface area contributed by atoms with Crippen molar-refractivity contribution < 1.29 is 67.4 Å². The van der Waals surface area contributed by atoms with Gasteiger partial charge in [0.15, 0.2) is 11.5 Å². The van der Waals surface area contributed by atoms with Crippen LogP contribution in [0.25, 0.3) is 12.2 Å². The van der Waals surface area contributed by atoms with Crippen molar-refractivity contribution in [2.24, 2.45) is 0 Å². The summed E-state index contributed by atoms with van der Waals surface area (Å²) in [7, 11) is 0.620. The van der Waals surface area contributed by atoms with Crippen LogP contribution in [0.3, 0.4) is 0 Å². The smallest absolute Gasteiger partial charge is 0.780 e. The monoisotopic (exact) mass is 495 g/mol. The molecule has 0 aromatic heterocycles. The number of ether oxygens (including phenoxy) is 4. The maximum Gasteiger partial charge on any atom is 1.00 e. The molecule has 0 aliphatic rings. The van der Waals surface area contributed by atoms with Crippen molar-refractivity contribution in [1.29, 1.82) is 0 Å². The molecule has 0 unspecified atom stereocenters. The van der Waals surface area contributed by atoms with Crippen molar-refractivity contribution >= 4 is 35.9 Å². The van der Waals surface area contributed by atoms with Crippen LogP contribution in [0.2, 0.25) is 0 Å². The second-order valence-corrected chi connectivity index (χ2v) is 7.20. The van der Waals surface area contributed by atoms with Crippen LogP contribution in [0.4, 0.5) is 0 Å². The summed E-state index contributed by atoms with van der Waals surface area (Å²) in [5, 5.41) is 0. The average molecular weight is 496 g/mol. The molecule has 0 aliphatic heterocycles. The summed E-state index contributed by atoms with van der Waals surface area (Å²) in [5.74, 6) is 1.50. The van der Waals surface area contributed by atoms with E-state index >= 15 is 0 Å². The summed E-state index contributed by atoms with van der Waals surface area (Å²) >= 11 is 3.20. The normalized spacial score (nSPS) is 11.0. The fraction of sp³-hybridized carbons (Fsp3) is 0.222. The maximum atomic E-state index is 11.1. The molecule has 8 nitrogen and oxygen atoms in total. The molecule has 2 rings (SSSR count). The van der Waals surface area contributed by atoms with Gasteiger partial charge in [0.25, 0.3) is 0 Å². The SMILES string of the molecule is COc1ccc(/C=C\c2cc(OC)c(OC)c(OC)c2)c(OP(=O)([O-])[O-])c1Br.[Na+]. The summed E-state index contributed by atoms with van der Waals surface area (Å²) in [5.41, 5.74) is 1.02. The second-order valence-electron chi connectivity index (χ2n) is 5.33.